The second-order valence-electron chi connectivity index (χ2n) is 4.88. The molecule has 1 aliphatic rings. The smallest absolute Gasteiger partial charge is 0.194 e. The number of rotatable bonds is 2. The molecule has 0 spiro atoms. The third-order valence-corrected chi connectivity index (χ3v) is 3.25. The van der Waals surface area contributed by atoms with E-state index in [1.807, 2.05) is 0 Å². The highest BCUT2D eigenvalue weighted by molar-refractivity contribution is 6.02. The van der Waals surface area contributed by atoms with Crippen molar-refractivity contribution in [3.05, 3.63) is 35.1 Å². The Morgan fingerprint density at radius 2 is 2.12 bits per heavy atom. The fourth-order valence-corrected chi connectivity index (χ4v) is 2.29. The summed E-state index contributed by atoms with van der Waals surface area (Å²) in [6, 6.07) is 4.42. The molecule has 0 saturated carbocycles. The minimum atomic E-state index is -0.779. The summed E-state index contributed by atoms with van der Waals surface area (Å²) in [6.07, 6.45) is 2.68. The van der Waals surface area contributed by atoms with E-state index in [-0.39, 0.29) is 11.6 Å². The first-order valence-electron chi connectivity index (χ1n) is 5.97. The summed E-state index contributed by atoms with van der Waals surface area (Å²) in [6.45, 7) is 4.19. The number of ether oxygens (including phenoxy) is 1. The van der Waals surface area contributed by atoms with Crippen LogP contribution in [0.3, 0.4) is 0 Å². The monoisotopic (exact) mass is 236 g/mol. The maximum atomic E-state index is 13.3. The molecule has 0 radical (unpaired) electrons. The summed E-state index contributed by atoms with van der Waals surface area (Å²) in [5.41, 5.74) is 0.387. The predicted molar refractivity (Wildman–Crippen MR) is 63.7 cm³/mol. The van der Waals surface area contributed by atoms with E-state index in [4.69, 9.17) is 4.74 Å². The van der Waals surface area contributed by atoms with Gasteiger partial charge >= 0.3 is 0 Å². The molecule has 0 aromatic heterocycles. The zero-order chi connectivity index (χ0) is 12.5. The second-order valence-corrected chi connectivity index (χ2v) is 4.88. The molecule has 1 saturated heterocycles. The highest BCUT2D eigenvalue weighted by atomic mass is 19.1. The third kappa shape index (κ3) is 2.55. The van der Waals surface area contributed by atoms with Crippen molar-refractivity contribution in [1.29, 1.82) is 0 Å². The van der Waals surface area contributed by atoms with Crippen molar-refractivity contribution < 1.29 is 13.9 Å². The molecule has 0 amide bonds. The number of hydrogen-bond acceptors (Lipinski definition) is 2. The second kappa shape index (κ2) is 4.57. The topological polar surface area (TPSA) is 26.3 Å². The van der Waals surface area contributed by atoms with Crippen molar-refractivity contribution in [3.63, 3.8) is 0 Å². The van der Waals surface area contributed by atoms with Crippen LogP contribution in [0.4, 0.5) is 4.39 Å². The van der Waals surface area contributed by atoms with Gasteiger partial charge in [-0.3, -0.25) is 4.79 Å². The molecule has 1 atom stereocenters. The van der Waals surface area contributed by atoms with Gasteiger partial charge in [-0.2, -0.15) is 0 Å². The van der Waals surface area contributed by atoms with Crippen LogP contribution in [-0.4, -0.2) is 18.0 Å². The molecular formula is C14H17FO2. The van der Waals surface area contributed by atoms with E-state index in [9.17, 15) is 9.18 Å². The highest BCUT2D eigenvalue weighted by Crippen LogP contribution is 2.28. The van der Waals surface area contributed by atoms with Crippen LogP contribution in [0.2, 0.25) is 0 Å². The lowest BCUT2D eigenvalue weighted by molar-refractivity contribution is -0.0426. The molecule has 92 valence electrons. The summed E-state index contributed by atoms with van der Waals surface area (Å²) >= 11 is 0. The van der Waals surface area contributed by atoms with Crippen molar-refractivity contribution >= 4 is 5.78 Å². The number of Topliss-reactive ketones (excluding diaryl/α,β-unsaturated/α-hetero) is 1. The van der Waals surface area contributed by atoms with Crippen molar-refractivity contribution in [1.82, 2.24) is 0 Å². The van der Waals surface area contributed by atoms with Crippen LogP contribution in [0, 0.1) is 12.7 Å². The fraction of sp³-hybridized carbons (Fsp3) is 0.500. The van der Waals surface area contributed by atoms with E-state index in [0.29, 0.717) is 18.6 Å². The van der Waals surface area contributed by atoms with Crippen LogP contribution in [0.5, 0.6) is 0 Å². The summed E-state index contributed by atoms with van der Waals surface area (Å²) in [7, 11) is 0. The molecule has 2 rings (SSSR count). The number of benzene rings is 1. The molecule has 1 heterocycles. The van der Waals surface area contributed by atoms with Crippen LogP contribution < -0.4 is 0 Å². The van der Waals surface area contributed by atoms with E-state index in [2.05, 4.69) is 0 Å². The lowest BCUT2D eigenvalue weighted by atomic mass is 9.87. The molecule has 1 unspecified atom stereocenters. The third-order valence-electron chi connectivity index (χ3n) is 3.25. The van der Waals surface area contributed by atoms with Crippen molar-refractivity contribution in [2.75, 3.05) is 6.61 Å². The van der Waals surface area contributed by atoms with Crippen molar-refractivity contribution in [3.8, 4) is 0 Å². The Morgan fingerprint density at radius 3 is 2.71 bits per heavy atom. The molecule has 0 N–H and O–H groups in total. The zero-order valence-corrected chi connectivity index (χ0v) is 10.3. The van der Waals surface area contributed by atoms with Crippen LogP contribution in [-0.2, 0) is 4.74 Å². The van der Waals surface area contributed by atoms with E-state index in [1.165, 1.54) is 12.1 Å². The number of hydrogen-bond donors (Lipinski definition) is 0. The van der Waals surface area contributed by atoms with Crippen LogP contribution >= 0.6 is 0 Å². The van der Waals surface area contributed by atoms with Gasteiger partial charge in [-0.15, -0.1) is 0 Å². The molecule has 2 nitrogen and oxygen atoms in total. The lowest BCUT2D eigenvalue weighted by Crippen LogP contribution is -2.41. The van der Waals surface area contributed by atoms with E-state index < -0.39 is 5.60 Å². The van der Waals surface area contributed by atoms with Crippen LogP contribution in [0.25, 0.3) is 0 Å². The molecular weight excluding hydrogens is 219 g/mol. The van der Waals surface area contributed by atoms with Gasteiger partial charge in [-0.25, -0.2) is 4.39 Å². The number of ketones is 1. The highest BCUT2D eigenvalue weighted by Gasteiger charge is 2.36. The molecule has 1 aliphatic heterocycles. The number of halogens is 1. The Bertz CT molecular complexity index is 414. The van der Waals surface area contributed by atoms with Crippen LogP contribution in [0.15, 0.2) is 18.2 Å². The van der Waals surface area contributed by atoms with Crippen LogP contribution in [0.1, 0.15) is 42.1 Å². The molecule has 1 fully saturated rings. The standard InChI is InChI=1S/C14H17FO2/c1-10-7-11(9-12(15)8-10)13(16)14(2)5-3-4-6-17-14/h7-9H,3-6H2,1-2H3. The summed E-state index contributed by atoms with van der Waals surface area (Å²) in [4.78, 5) is 12.3. The van der Waals surface area contributed by atoms with Gasteiger partial charge in [-0.05, 0) is 56.9 Å². The Labute approximate surface area is 101 Å². The van der Waals surface area contributed by atoms with E-state index >= 15 is 0 Å². The average molecular weight is 236 g/mol. The Morgan fingerprint density at radius 1 is 1.35 bits per heavy atom. The van der Waals surface area contributed by atoms with Gasteiger partial charge in [0.25, 0.3) is 0 Å². The van der Waals surface area contributed by atoms with Gasteiger partial charge in [0, 0.05) is 12.2 Å². The molecule has 0 bridgehead atoms. The Hall–Kier alpha value is -1.22. The quantitative estimate of drug-likeness (QED) is 0.737. The minimum Gasteiger partial charge on any atom is -0.367 e. The van der Waals surface area contributed by atoms with E-state index in [0.717, 1.165) is 18.4 Å². The summed E-state index contributed by atoms with van der Waals surface area (Å²) < 4.78 is 18.9. The Kier molecular flexibility index (Phi) is 3.29. The van der Waals surface area contributed by atoms with E-state index in [1.54, 1.807) is 19.9 Å². The molecule has 0 aliphatic carbocycles. The normalized spacial score (nSPS) is 24.6. The van der Waals surface area contributed by atoms with Gasteiger partial charge in [0.05, 0.1) is 0 Å². The first-order chi connectivity index (χ1) is 8.01. The van der Waals surface area contributed by atoms with Gasteiger partial charge in [0.1, 0.15) is 11.4 Å². The zero-order valence-electron chi connectivity index (χ0n) is 10.3. The average Bonchev–Trinajstić information content (AvgIpc) is 2.27. The molecule has 3 heteroatoms. The molecule has 1 aromatic rings. The Balaban J connectivity index is 2.29. The maximum Gasteiger partial charge on any atom is 0.194 e. The summed E-state index contributed by atoms with van der Waals surface area (Å²) in [5.74, 6) is -0.479. The fourth-order valence-electron chi connectivity index (χ4n) is 2.29. The minimum absolute atomic E-state index is 0.111. The van der Waals surface area contributed by atoms with Crippen molar-refractivity contribution in [2.24, 2.45) is 0 Å². The lowest BCUT2D eigenvalue weighted by Gasteiger charge is -2.32. The van der Waals surface area contributed by atoms with Gasteiger partial charge in [-0.1, -0.05) is 0 Å². The first-order valence-corrected chi connectivity index (χ1v) is 5.97. The first kappa shape index (κ1) is 12.2. The maximum absolute atomic E-state index is 13.3. The molecule has 1 aromatic carbocycles. The van der Waals surface area contributed by atoms with Crippen molar-refractivity contribution in [2.45, 2.75) is 38.7 Å². The number of aryl methyl sites for hydroxylation is 1. The number of carbonyl (C=O) groups excluding carboxylic acids is 1. The van der Waals surface area contributed by atoms with Gasteiger partial charge in [0.2, 0.25) is 0 Å². The SMILES string of the molecule is Cc1cc(F)cc(C(=O)C2(C)CCCCO2)c1. The number of carbonyl (C=O) groups is 1. The van der Waals surface area contributed by atoms with Gasteiger partial charge in [0.15, 0.2) is 5.78 Å². The van der Waals surface area contributed by atoms with Gasteiger partial charge < -0.3 is 4.74 Å². The summed E-state index contributed by atoms with van der Waals surface area (Å²) in [5, 5.41) is 0. The molecule has 17 heavy (non-hydrogen) atoms. The largest absolute Gasteiger partial charge is 0.367 e. The predicted octanol–water partition coefficient (Wildman–Crippen LogP) is 3.28.